The predicted octanol–water partition coefficient (Wildman–Crippen LogP) is 1.80. The van der Waals surface area contributed by atoms with Crippen molar-refractivity contribution in [3.05, 3.63) is 35.8 Å². The van der Waals surface area contributed by atoms with Gasteiger partial charge < -0.3 is 15.0 Å². The van der Waals surface area contributed by atoms with Gasteiger partial charge in [-0.3, -0.25) is 0 Å². The van der Waals surface area contributed by atoms with E-state index in [0.717, 1.165) is 30.1 Å². The van der Waals surface area contributed by atoms with Crippen LogP contribution in [0.4, 0.5) is 0 Å². The number of guanidine groups is 1. The zero-order valence-corrected chi connectivity index (χ0v) is 11.8. The van der Waals surface area contributed by atoms with E-state index in [0.29, 0.717) is 12.5 Å². The second-order valence-corrected chi connectivity index (χ2v) is 4.47. The van der Waals surface area contributed by atoms with E-state index in [1.807, 2.05) is 23.2 Å². The molecule has 2 N–H and O–H groups in total. The SMILES string of the molecule is CCN(CC)C(N)=NCc1cn2c(C)cccc2n1. The van der Waals surface area contributed by atoms with Crippen LogP contribution in [0, 0.1) is 6.92 Å². The van der Waals surface area contributed by atoms with Crippen LogP contribution in [0.5, 0.6) is 0 Å². The molecule has 19 heavy (non-hydrogen) atoms. The van der Waals surface area contributed by atoms with Crippen LogP contribution in [0.1, 0.15) is 25.2 Å². The number of nitrogens with zero attached hydrogens (tertiary/aromatic N) is 4. The van der Waals surface area contributed by atoms with Gasteiger partial charge in [0, 0.05) is 25.0 Å². The number of aromatic nitrogens is 2. The summed E-state index contributed by atoms with van der Waals surface area (Å²) in [6.07, 6.45) is 2.02. The van der Waals surface area contributed by atoms with E-state index in [9.17, 15) is 0 Å². The van der Waals surface area contributed by atoms with Gasteiger partial charge in [0.2, 0.25) is 0 Å². The van der Waals surface area contributed by atoms with Crippen molar-refractivity contribution in [1.82, 2.24) is 14.3 Å². The number of nitrogens with two attached hydrogens (primary N) is 1. The van der Waals surface area contributed by atoms with Crippen molar-refractivity contribution in [2.75, 3.05) is 13.1 Å². The summed E-state index contributed by atoms with van der Waals surface area (Å²) in [5.41, 5.74) is 9.00. The highest BCUT2D eigenvalue weighted by molar-refractivity contribution is 5.77. The van der Waals surface area contributed by atoms with Crippen molar-refractivity contribution >= 4 is 11.6 Å². The van der Waals surface area contributed by atoms with Gasteiger partial charge >= 0.3 is 0 Å². The molecule has 2 aromatic heterocycles. The van der Waals surface area contributed by atoms with Gasteiger partial charge in [0.15, 0.2) is 5.96 Å². The van der Waals surface area contributed by atoms with Gasteiger partial charge in [0.05, 0.1) is 12.2 Å². The molecule has 0 aliphatic carbocycles. The molecule has 5 heteroatoms. The van der Waals surface area contributed by atoms with E-state index in [2.05, 4.69) is 41.2 Å². The Bertz CT molecular complexity index is 581. The van der Waals surface area contributed by atoms with E-state index in [1.54, 1.807) is 0 Å². The summed E-state index contributed by atoms with van der Waals surface area (Å²) in [5, 5.41) is 0. The van der Waals surface area contributed by atoms with Crippen molar-refractivity contribution in [3.8, 4) is 0 Å². The summed E-state index contributed by atoms with van der Waals surface area (Å²) in [7, 11) is 0. The first-order valence-electron chi connectivity index (χ1n) is 6.64. The molecule has 0 unspecified atom stereocenters. The third-order valence-corrected chi connectivity index (χ3v) is 3.24. The number of aliphatic imine (C=N–C) groups is 1. The third-order valence-electron chi connectivity index (χ3n) is 3.24. The number of hydrogen-bond donors (Lipinski definition) is 1. The summed E-state index contributed by atoms with van der Waals surface area (Å²) < 4.78 is 2.07. The van der Waals surface area contributed by atoms with Crippen molar-refractivity contribution in [1.29, 1.82) is 0 Å². The van der Waals surface area contributed by atoms with Crippen molar-refractivity contribution in [2.24, 2.45) is 10.7 Å². The Morgan fingerprint density at radius 1 is 1.37 bits per heavy atom. The number of hydrogen-bond acceptors (Lipinski definition) is 2. The Balaban J connectivity index is 2.18. The molecule has 2 aromatic rings. The van der Waals surface area contributed by atoms with Crippen LogP contribution in [0.3, 0.4) is 0 Å². The van der Waals surface area contributed by atoms with E-state index >= 15 is 0 Å². The molecule has 2 rings (SSSR count). The van der Waals surface area contributed by atoms with E-state index < -0.39 is 0 Å². The van der Waals surface area contributed by atoms with Crippen molar-refractivity contribution in [2.45, 2.75) is 27.3 Å². The lowest BCUT2D eigenvalue weighted by atomic mass is 10.4. The quantitative estimate of drug-likeness (QED) is 0.673. The van der Waals surface area contributed by atoms with Crippen LogP contribution < -0.4 is 5.73 Å². The van der Waals surface area contributed by atoms with Gasteiger partial charge in [-0.2, -0.15) is 0 Å². The number of aryl methyl sites for hydroxylation is 1. The summed E-state index contributed by atoms with van der Waals surface area (Å²) in [6, 6.07) is 6.06. The molecule has 0 radical (unpaired) electrons. The Hall–Kier alpha value is -2.04. The van der Waals surface area contributed by atoms with Crippen molar-refractivity contribution in [3.63, 3.8) is 0 Å². The number of rotatable bonds is 4. The minimum absolute atomic E-state index is 0.517. The Morgan fingerprint density at radius 3 is 2.74 bits per heavy atom. The molecule has 2 heterocycles. The molecule has 102 valence electrons. The molecule has 5 nitrogen and oxygen atoms in total. The highest BCUT2D eigenvalue weighted by Crippen LogP contribution is 2.09. The lowest BCUT2D eigenvalue weighted by Gasteiger charge is -2.18. The second kappa shape index (κ2) is 5.73. The molecule has 0 bridgehead atoms. The van der Waals surface area contributed by atoms with E-state index in [4.69, 9.17) is 5.73 Å². The molecule has 0 saturated heterocycles. The fourth-order valence-corrected chi connectivity index (χ4v) is 2.08. The molecule has 0 fully saturated rings. The highest BCUT2D eigenvalue weighted by atomic mass is 15.2. The number of pyridine rings is 1. The highest BCUT2D eigenvalue weighted by Gasteiger charge is 2.05. The number of imidazole rings is 1. The molecule has 0 amide bonds. The van der Waals surface area contributed by atoms with Gasteiger partial charge in [-0.05, 0) is 32.9 Å². The Morgan fingerprint density at radius 2 is 2.11 bits per heavy atom. The van der Waals surface area contributed by atoms with Crippen molar-refractivity contribution < 1.29 is 0 Å². The van der Waals surface area contributed by atoms with Gasteiger partial charge in [-0.15, -0.1) is 0 Å². The van der Waals surface area contributed by atoms with Crippen LogP contribution in [-0.2, 0) is 6.54 Å². The molecule has 0 aliphatic heterocycles. The molecular weight excluding hydrogens is 238 g/mol. The Kier molecular flexibility index (Phi) is 4.04. The average molecular weight is 259 g/mol. The minimum atomic E-state index is 0.517. The predicted molar refractivity (Wildman–Crippen MR) is 78.2 cm³/mol. The normalized spacial score (nSPS) is 12.1. The summed E-state index contributed by atoms with van der Waals surface area (Å²) in [4.78, 5) is 11.0. The van der Waals surface area contributed by atoms with Gasteiger partial charge in [-0.1, -0.05) is 6.07 Å². The fraction of sp³-hybridized carbons (Fsp3) is 0.429. The summed E-state index contributed by atoms with van der Waals surface area (Å²) in [5.74, 6) is 0.582. The lowest BCUT2D eigenvalue weighted by molar-refractivity contribution is 0.458. The maximum atomic E-state index is 5.95. The van der Waals surface area contributed by atoms with Crippen LogP contribution in [0.25, 0.3) is 5.65 Å². The van der Waals surface area contributed by atoms with Crippen LogP contribution in [0.15, 0.2) is 29.4 Å². The molecule has 0 aliphatic rings. The molecule has 0 spiro atoms. The first-order valence-corrected chi connectivity index (χ1v) is 6.64. The maximum absolute atomic E-state index is 5.95. The Labute approximate surface area is 113 Å². The monoisotopic (exact) mass is 259 g/mol. The molecule has 0 aromatic carbocycles. The lowest BCUT2D eigenvalue weighted by Crippen LogP contribution is -2.37. The summed E-state index contributed by atoms with van der Waals surface area (Å²) >= 11 is 0. The van der Waals surface area contributed by atoms with Crippen LogP contribution in [-0.4, -0.2) is 33.3 Å². The standard InChI is InChI=1S/C14H21N5/c1-4-18(5-2)14(15)16-9-12-10-19-11(3)7-6-8-13(19)17-12/h6-8,10H,4-5,9H2,1-3H3,(H2,15,16). The average Bonchev–Trinajstić information content (AvgIpc) is 2.82. The van der Waals surface area contributed by atoms with Gasteiger partial charge in [0.25, 0.3) is 0 Å². The zero-order valence-electron chi connectivity index (χ0n) is 11.8. The topological polar surface area (TPSA) is 58.9 Å². The zero-order chi connectivity index (χ0) is 13.8. The largest absolute Gasteiger partial charge is 0.370 e. The fourth-order valence-electron chi connectivity index (χ4n) is 2.08. The van der Waals surface area contributed by atoms with Crippen LogP contribution >= 0.6 is 0 Å². The maximum Gasteiger partial charge on any atom is 0.191 e. The third kappa shape index (κ3) is 2.86. The molecule has 0 atom stereocenters. The van der Waals surface area contributed by atoms with E-state index in [1.165, 1.54) is 0 Å². The molecule has 0 saturated carbocycles. The van der Waals surface area contributed by atoms with E-state index in [-0.39, 0.29) is 0 Å². The summed E-state index contributed by atoms with van der Waals surface area (Å²) in [6.45, 7) is 8.46. The van der Waals surface area contributed by atoms with Gasteiger partial charge in [0.1, 0.15) is 5.65 Å². The van der Waals surface area contributed by atoms with Crippen LogP contribution in [0.2, 0.25) is 0 Å². The first-order chi connectivity index (χ1) is 9.15. The molecular formula is C14H21N5. The number of fused-ring (bicyclic) bond motifs is 1. The van der Waals surface area contributed by atoms with Gasteiger partial charge in [-0.25, -0.2) is 9.98 Å². The first kappa shape index (κ1) is 13.4. The smallest absolute Gasteiger partial charge is 0.191 e. The minimum Gasteiger partial charge on any atom is -0.370 e. The second-order valence-electron chi connectivity index (χ2n) is 4.47.